The van der Waals surface area contributed by atoms with Crippen molar-refractivity contribution in [1.29, 1.82) is 0 Å². The fourth-order valence-corrected chi connectivity index (χ4v) is 2.14. The lowest BCUT2D eigenvalue weighted by atomic mass is 10.1. The number of hydrogen-bond acceptors (Lipinski definition) is 3. The molecule has 0 spiro atoms. The molecule has 0 aromatic carbocycles. The third-order valence-corrected chi connectivity index (χ3v) is 3.13. The van der Waals surface area contributed by atoms with Gasteiger partial charge in [0.2, 0.25) is 0 Å². The highest BCUT2D eigenvalue weighted by molar-refractivity contribution is 5.71. The molecule has 2 amide bonds. The fraction of sp³-hybridized carbons (Fsp3) is 0.909. The van der Waals surface area contributed by atoms with Crippen LogP contribution >= 0.6 is 0 Å². The van der Waals surface area contributed by atoms with E-state index in [2.05, 4.69) is 22.5 Å². The maximum absolute atomic E-state index is 10.5. The normalized spacial score (nSPS) is 22.7. The zero-order valence-electron chi connectivity index (χ0n) is 10.2. The Bertz CT molecular complexity index is 210. The van der Waals surface area contributed by atoms with Crippen molar-refractivity contribution in [3.05, 3.63) is 0 Å². The number of urea groups is 1. The Labute approximate surface area is 97.7 Å². The van der Waals surface area contributed by atoms with Crippen LogP contribution in [0.3, 0.4) is 0 Å². The topological polar surface area (TPSA) is 70.4 Å². The van der Waals surface area contributed by atoms with Gasteiger partial charge in [0.25, 0.3) is 0 Å². The first-order valence-electron chi connectivity index (χ1n) is 6.21. The van der Waals surface area contributed by atoms with Gasteiger partial charge in [0.15, 0.2) is 0 Å². The summed E-state index contributed by atoms with van der Waals surface area (Å²) in [6, 6.07) is 0.144. The van der Waals surface area contributed by atoms with E-state index in [0.717, 1.165) is 13.1 Å². The average Bonchev–Trinajstić information content (AvgIpc) is 2.49. The van der Waals surface area contributed by atoms with Crippen LogP contribution in [0.1, 0.15) is 26.2 Å². The molecular formula is C11H24N4O. The molecule has 1 rings (SSSR count). The Kier molecular flexibility index (Phi) is 6.18. The first-order valence-corrected chi connectivity index (χ1v) is 6.21. The van der Waals surface area contributed by atoms with Gasteiger partial charge in [-0.15, -0.1) is 0 Å². The van der Waals surface area contributed by atoms with Crippen molar-refractivity contribution in [3.8, 4) is 0 Å². The molecule has 1 fully saturated rings. The number of nitrogens with zero attached hydrogens (tertiary/aromatic N) is 1. The Morgan fingerprint density at radius 1 is 1.38 bits per heavy atom. The lowest BCUT2D eigenvalue weighted by Gasteiger charge is -2.18. The van der Waals surface area contributed by atoms with Gasteiger partial charge in [-0.05, 0) is 38.9 Å². The Balaban J connectivity index is 2.10. The SMILES string of the molecule is CCN1CCCC(NCCNC(N)=O)CC1. The Hall–Kier alpha value is -0.810. The lowest BCUT2D eigenvalue weighted by Crippen LogP contribution is -2.39. The molecule has 1 aliphatic rings. The Morgan fingerprint density at radius 2 is 2.19 bits per heavy atom. The molecule has 1 saturated heterocycles. The molecule has 5 nitrogen and oxygen atoms in total. The van der Waals surface area contributed by atoms with E-state index >= 15 is 0 Å². The van der Waals surface area contributed by atoms with Gasteiger partial charge >= 0.3 is 6.03 Å². The van der Waals surface area contributed by atoms with Gasteiger partial charge in [-0.1, -0.05) is 6.92 Å². The van der Waals surface area contributed by atoms with Gasteiger partial charge < -0.3 is 21.3 Å². The number of nitrogens with one attached hydrogen (secondary N) is 2. The van der Waals surface area contributed by atoms with E-state index in [1.807, 2.05) is 0 Å². The molecule has 0 bridgehead atoms. The first-order chi connectivity index (χ1) is 7.72. The number of primary amides is 1. The molecular weight excluding hydrogens is 204 g/mol. The van der Waals surface area contributed by atoms with Gasteiger partial charge in [-0.25, -0.2) is 4.79 Å². The van der Waals surface area contributed by atoms with Crippen LogP contribution < -0.4 is 16.4 Å². The number of nitrogens with two attached hydrogens (primary N) is 1. The molecule has 16 heavy (non-hydrogen) atoms. The molecule has 0 aliphatic carbocycles. The van der Waals surface area contributed by atoms with E-state index in [1.165, 1.54) is 32.4 Å². The number of hydrogen-bond donors (Lipinski definition) is 3. The zero-order chi connectivity index (χ0) is 11.8. The first kappa shape index (κ1) is 13.3. The molecule has 0 aromatic heterocycles. The second-order valence-electron chi connectivity index (χ2n) is 4.31. The summed E-state index contributed by atoms with van der Waals surface area (Å²) in [5.74, 6) is 0. The van der Waals surface area contributed by atoms with Crippen LogP contribution in [-0.2, 0) is 0 Å². The van der Waals surface area contributed by atoms with Crippen LogP contribution in [0, 0.1) is 0 Å². The van der Waals surface area contributed by atoms with Crippen LogP contribution in [0.5, 0.6) is 0 Å². The fourth-order valence-electron chi connectivity index (χ4n) is 2.14. The minimum Gasteiger partial charge on any atom is -0.352 e. The molecule has 0 saturated carbocycles. The summed E-state index contributed by atoms with van der Waals surface area (Å²) in [5, 5.41) is 6.05. The van der Waals surface area contributed by atoms with Gasteiger partial charge in [-0.3, -0.25) is 0 Å². The highest BCUT2D eigenvalue weighted by Gasteiger charge is 2.14. The van der Waals surface area contributed by atoms with Crippen molar-refractivity contribution < 1.29 is 4.79 Å². The number of amides is 2. The summed E-state index contributed by atoms with van der Waals surface area (Å²) in [6.07, 6.45) is 3.69. The zero-order valence-corrected chi connectivity index (χ0v) is 10.2. The molecule has 1 aliphatic heterocycles. The number of carbonyl (C=O) groups is 1. The molecule has 0 radical (unpaired) electrons. The lowest BCUT2D eigenvalue weighted by molar-refractivity contribution is 0.248. The molecule has 0 aromatic rings. The summed E-state index contributed by atoms with van der Waals surface area (Å²) in [7, 11) is 0. The molecule has 1 unspecified atom stereocenters. The van der Waals surface area contributed by atoms with E-state index in [1.54, 1.807) is 0 Å². The van der Waals surface area contributed by atoms with Crippen LogP contribution in [0.15, 0.2) is 0 Å². The maximum Gasteiger partial charge on any atom is 0.312 e. The summed E-state index contributed by atoms with van der Waals surface area (Å²) in [5.41, 5.74) is 4.99. The summed E-state index contributed by atoms with van der Waals surface area (Å²) in [6.45, 7) is 7.18. The molecule has 94 valence electrons. The number of carbonyl (C=O) groups excluding carboxylic acids is 1. The van der Waals surface area contributed by atoms with Crippen molar-refractivity contribution in [2.75, 3.05) is 32.7 Å². The van der Waals surface area contributed by atoms with E-state index in [0.29, 0.717) is 12.6 Å². The van der Waals surface area contributed by atoms with Crippen molar-refractivity contribution >= 4 is 6.03 Å². The molecule has 1 atom stereocenters. The highest BCUT2D eigenvalue weighted by Crippen LogP contribution is 2.10. The van der Waals surface area contributed by atoms with Gasteiger partial charge in [0.05, 0.1) is 0 Å². The van der Waals surface area contributed by atoms with Crippen molar-refractivity contribution in [1.82, 2.24) is 15.5 Å². The number of rotatable bonds is 5. The number of likely N-dealkylation sites (tertiary alicyclic amines) is 1. The minimum absolute atomic E-state index is 0.445. The van der Waals surface area contributed by atoms with E-state index < -0.39 is 6.03 Å². The van der Waals surface area contributed by atoms with Gasteiger partial charge in [-0.2, -0.15) is 0 Å². The molecule has 4 N–H and O–H groups in total. The predicted octanol–water partition coefficient (Wildman–Crippen LogP) is 0.119. The highest BCUT2D eigenvalue weighted by atomic mass is 16.2. The quantitative estimate of drug-likeness (QED) is 0.585. The van der Waals surface area contributed by atoms with Crippen molar-refractivity contribution in [2.45, 2.75) is 32.2 Å². The predicted molar refractivity (Wildman–Crippen MR) is 65.3 cm³/mol. The van der Waals surface area contributed by atoms with Gasteiger partial charge in [0, 0.05) is 19.1 Å². The monoisotopic (exact) mass is 228 g/mol. The molecule has 5 heteroatoms. The largest absolute Gasteiger partial charge is 0.352 e. The Morgan fingerprint density at radius 3 is 2.88 bits per heavy atom. The second-order valence-corrected chi connectivity index (χ2v) is 4.31. The standard InChI is InChI=1S/C11H24N4O/c1-2-15-8-3-4-10(5-9-15)13-6-7-14-11(12)16/h10,13H,2-9H2,1H3,(H3,12,14,16). The van der Waals surface area contributed by atoms with E-state index in [4.69, 9.17) is 5.73 Å². The maximum atomic E-state index is 10.5. The average molecular weight is 228 g/mol. The van der Waals surface area contributed by atoms with Crippen LogP contribution in [0.25, 0.3) is 0 Å². The summed E-state index contributed by atoms with van der Waals surface area (Å²) >= 11 is 0. The van der Waals surface area contributed by atoms with E-state index in [9.17, 15) is 4.79 Å². The second kappa shape index (κ2) is 7.46. The smallest absolute Gasteiger partial charge is 0.312 e. The molecule has 1 heterocycles. The van der Waals surface area contributed by atoms with Gasteiger partial charge in [0.1, 0.15) is 0 Å². The third kappa shape index (κ3) is 5.32. The van der Waals surface area contributed by atoms with Crippen molar-refractivity contribution in [2.24, 2.45) is 5.73 Å². The third-order valence-electron chi connectivity index (χ3n) is 3.13. The minimum atomic E-state index is -0.445. The van der Waals surface area contributed by atoms with Crippen LogP contribution in [0.2, 0.25) is 0 Å². The summed E-state index contributed by atoms with van der Waals surface area (Å²) < 4.78 is 0. The van der Waals surface area contributed by atoms with Crippen molar-refractivity contribution in [3.63, 3.8) is 0 Å². The van der Waals surface area contributed by atoms with E-state index in [-0.39, 0.29) is 0 Å². The van der Waals surface area contributed by atoms with Crippen LogP contribution in [0.4, 0.5) is 4.79 Å². The summed E-state index contributed by atoms with van der Waals surface area (Å²) in [4.78, 5) is 13.0. The van der Waals surface area contributed by atoms with Crippen LogP contribution in [-0.4, -0.2) is 49.7 Å².